The highest BCUT2D eigenvalue weighted by Gasteiger charge is 2.22. The number of aliphatic imine (C=N–C) groups is 1. The van der Waals surface area contributed by atoms with Crippen LogP contribution in [0.5, 0.6) is 0 Å². The molecule has 0 N–H and O–H groups in total. The molecule has 5 nitrogen and oxygen atoms in total. The van der Waals surface area contributed by atoms with E-state index in [0.717, 1.165) is 0 Å². The summed E-state index contributed by atoms with van der Waals surface area (Å²) in [6.07, 6.45) is -0.952. The molecule has 0 bridgehead atoms. The van der Waals surface area contributed by atoms with Crippen LogP contribution in [0.2, 0.25) is 0 Å². The SMILES string of the molecule is CC(=O)C(=NC(=O)OC(C)(C)C)C(=O)c1ccccc1. The van der Waals surface area contributed by atoms with Crippen LogP contribution in [0.15, 0.2) is 35.3 Å². The normalized spacial score (nSPS) is 11.9. The van der Waals surface area contributed by atoms with E-state index in [1.807, 2.05) is 0 Å². The van der Waals surface area contributed by atoms with E-state index in [1.165, 1.54) is 6.92 Å². The van der Waals surface area contributed by atoms with E-state index in [0.29, 0.717) is 5.56 Å². The Morgan fingerprint density at radius 1 is 1.05 bits per heavy atom. The summed E-state index contributed by atoms with van der Waals surface area (Å²) < 4.78 is 4.97. The number of nitrogens with zero attached hydrogens (tertiary/aromatic N) is 1. The summed E-state index contributed by atoms with van der Waals surface area (Å²) in [6, 6.07) is 8.18. The molecule has 5 heteroatoms. The second-order valence-electron chi connectivity index (χ2n) is 5.19. The highest BCUT2D eigenvalue weighted by molar-refractivity contribution is 6.69. The van der Waals surface area contributed by atoms with E-state index in [1.54, 1.807) is 51.1 Å². The average Bonchev–Trinajstić information content (AvgIpc) is 2.34. The summed E-state index contributed by atoms with van der Waals surface area (Å²) in [5.74, 6) is -1.17. The van der Waals surface area contributed by atoms with Crippen LogP contribution in [0.1, 0.15) is 38.1 Å². The maximum atomic E-state index is 12.1. The highest BCUT2D eigenvalue weighted by Crippen LogP contribution is 2.09. The fraction of sp³-hybridized carbons (Fsp3) is 0.333. The Morgan fingerprint density at radius 2 is 1.60 bits per heavy atom. The lowest BCUT2D eigenvalue weighted by Crippen LogP contribution is -2.27. The quantitative estimate of drug-likeness (QED) is 0.483. The maximum absolute atomic E-state index is 12.1. The topological polar surface area (TPSA) is 72.8 Å². The van der Waals surface area contributed by atoms with Crippen LogP contribution < -0.4 is 0 Å². The van der Waals surface area contributed by atoms with Crippen molar-refractivity contribution in [2.24, 2.45) is 4.99 Å². The predicted octanol–water partition coefficient (Wildman–Crippen LogP) is 2.83. The fourth-order valence-corrected chi connectivity index (χ4v) is 1.39. The van der Waals surface area contributed by atoms with Crippen LogP contribution in [0.25, 0.3) is 0 Å². The predicted molar refractivity (Wildman–Crippen MR) is 75.1 cm³/mol. The first-order valence-corrected chi connectivity index (χ1v) is 6.13. The summed E-state index contributed by atoms with van der Waals surface area (Å²) in [5.41, 5.74) is -0.867. The third kappa shape index (κ3) is 4.76. The van der Waals surface area contributed by atoms with Crippen molar-refractivity contribution in [2.45, 2.75) is 33.3 Å². The Hall–Kier alpha value is -2.30. The molecule has 0 heterocycles. The van der Waals surface area contributed by atoms with E-state index >= 15 is 0 Å². The maximum Gasteiger partial charge on any atom is 0.434 e. The number of benzene rings is 1. The molecule has 0 aliphatic carbocycles. The van der Waals surface area contributed by atoms with Gasteiger partial charge in [-0.1, -0.05) is 30.3 Å². The van der Waals surface area contributed by atoms with Gasteiger partial charge in [0.2, 0.25) is 5.78 Å². The van der Waals surface area contributed by atoms with Crippen molar-refractivity contribution in [3.8, 4) is 0 Å². The van der Waals surface area contributed by atoms with Crippen molar-refractivity contribution < 1.29 is 19.1 Å². The Bertz CT molecular complexity index is 553. The smallest absolute Gasteiger partial charge is 0.434 e. The first-order valence-electron chi connectivity index (χ1n) is 6.13. The third-order valence-electron chi connectivity index (χ3n) is 2.18. The van der Waals surface area contributed by atoms with Gasteiger partial charge in [0.05, 0.1) is 0 Å². The van der Waals surface area contributed by atoms with Gasteiger partial charge < -0.3 is 4.74 Å². The zero-order chi connectivity index (χ0) is 15.3. The molecule has 20 heavy (non-hydrogen) atoms. The van der Waals surface area contributed by atoms with E-state index < -0.39 is 29.0 Å². The van der Waals surface area contributed by atoms with Gasteiger partial charge >= 0.3 is 6.09 Å². The number of ether oxygens (including phenoxy) is 1. The Kier molecular flexibility index (Phi) is 4.91. The molecule has 0 aromatic heterocycles. The van der Waals surface area contributed by atoms with Gasteiger partial charge in [0, 0.05) is 12.5 Å². The first kappa shape index (κ1) is 15.8. The van der Waals surface area contributed by atoms with Crippen molar-refractivity contribution in [3.05, 3.63) is 35.9 Å². The molecule has 0 saturated carbocycles. The average molecular weight is 275 g/mol. The Labute approximate surface area is 117 Å². The second kappa shape index (κ2) is 6.23. The number of hydrogen-bond acceptors (Lipinski definition) is 4. The van der Waals surface area contributed by atoms with Gasteiger partial charge in [0.25, 0.3) is 0 Å². The summed E-state index contributed by atoms with van der Waals surface area (Å²) >= 11 is 0. The molecule has 0 aliphatic rings. The fourth-order valence-electron chi connectivity index (χ4n) is 1.39. The minimum Gasteiger partial charge on any atom is -0.442 e. The van der Waals surface area contributed by atoms with Crippen molar-refractivity contribution >= 4 is 23.4 Å². The van der Waals surface area contributed by atoms with Crippen molar-refractivity contribution in [1.82, 2.24) is 0 Å². The standard InChI is InChI=1S/C15H17NO4/c1-10(17)12(16-14(19)20-15(2,3)4)13(18)11-8-6-5-7-9-11/h5-9H,1-4H3. The van der Waals surface area contributed by atoms with Gasteiger partial charge in [-0.3, -0.25) is 9.59 Å². The summed E-state index contributed by atoms with van der Waals surface area (Å²) in [5, 5.41) is 0. The molecule has 1 amide bonds. The number of rotatable bonds is 3. The first-order chi connectivity index (χ1) is 9.20. The summed E-state index contributed by atoms with van der Waals surface area (Å²) in [4.78, 5) is 38.7. The molecule has 0 fully saturated rings. The van der Waals surface area contributed by atoms with E-state index in [-0.39, 0.29) is 0 Å². The molecule has 0 atom stereocenters. The number of hydrogen-bond donors (Lipinski definition) is 0. The third-order valence-corrected chi connectivity index (χ3v) is 2.18. The number of ketones is 2. The molecule has 1 aromatic rings. The molecular weight excluding hydrogens is 258 g/mol. The van der Waals surface area contributed by atoms with Crippen LogP contribution in [0, 0.1) is 0 Å². The lowest BCUT2D eigenvalue weighted by molar-refractivity contribution is -0.111. The van der Waals surface area contributed by atoms with Gasteiger partial charge in [-0.25, -0.2) is 4.79 Å². The number of Topliss-reactive ketones (excluding diaryl/α,β-unsaturated/α-hetero) is 2. The molecule has 0 aliphatic heterocycles. The van der Waals surface area contributed by atoms with E-state index in [2.05, 4.69) is 4.99 Å². The zero-order valence-electron chi connectivity index (χ0n) is 12.0. The summed E-state index contributed by atoms with van der Waals surface area (Å²) in [6.45, 7) is 6.21. The molecule has 1 rings (SSSR count). The van der Waals surface area contributed by atoms with Crippen molar-refractivity contribution in [3.63, 3.8) is 0 Å². The Morgan fingerprint density at radius 3 is 2.05 bits per heavy atom. The van der Waals surface area contributed by atoms with E-state index in [4.69, 9.17) is 4.74 Å². The lowest BCUT2D eigenvalue weighted by atomic mass is 10.0. The monoisotopic (exact) mass is 275 g/mol. The number of amides is 1. The number of carbonyl (C=O) groups excluding carboxylic acids is 3. The van der Waals surface area contributed by atoms with Gasteiger partial charge in [-0.15, -0.1) is 0 Å². The molecule has 0 radical (unpaired) electrons. The minimum atomic E-state index is -0.952. The number of carbonyl (C=O) groups is 3. The van der Waals surface area contributed by atoms with E-state index in [9.17, 15) is 14.4 Å². The van der Waals surface area contributed by atoms with Gasteiger partial charge in [-0.05, 0) is 20.8 Å². The highest BCUT2D eigenvalue weighted by atomic mass is 16.6. The van der Waals surface area contributed by atoms with Crippen LogP contribution in [0.4, 0.5) is 4.79 Å². The molecule has 106 valence electrons. The zero-order valence-corrected chi connectivity index (χ0v) is 12.0. The molecule has 0 unspecified atom stereocenters. The summed E-state index contributed by atoms with van der Waals surface area (Å²) in [7, 11) is 0. The van der Waals surface area contributed by atoms with Crippen molar-refractivity contribution in [2.75, 3.05) is 0 Å². The Balaban J connectivity index is 3.04. The lowest BCUT2D eigenvalue weighted by Gasteiger charge is -2.17. The largest absolute Gasteiger partial charge is 0.442 e. The van der Waals surface area contributed by atoms with Crippen LogP contribution in [-0.4, -0.2) is 29.0 Å². The molecule has 0 saturated heterocycles. The molecule has 1 aromatic carbocycles. The van der Waals surface area contributed by atoms with Gasteiger partial charge in [0.1, 0.15) is 5.60 Å². The van der Waals surface area contributed by atoms with Gasteiger partial charge in [0.15, 0.2) is 11.5 Å². The van der Waals surface area contributed by atoms with Gasteiger partial charge in [-0.2, -0.15) is 4.99 Å². The minimum absolute atomic E-state index is 0.296. The van der Waals surface area contributed by atoms with Crippen LogP contribution in [-0.2, 0) is 9.53 Å². The molecular formula is C15H17NO4. The van der Waals surface area contributed by atoms with Crippen LogP contribution in [0.3, 0.4) is 0 Å². The van der Waals surface area contributed by atoms with Crippen molar-refractivity contribution in [1.29, 1.82) is 0 Å². The molecule has 0 spiro atoms. The van der Waals surface area contributed by atoms with Crippen LogP contribution >= 0.6 is 0 Å². The second-order valence-corrected chi connectivity index (χ2v) is 5.19.